The number of hydrogen-bond acceptors (Lipinski definition) is 4. The second-order valence-corrected chi connectivity index (χ2v) is 8.13. The predicted octanol–water partition coefficient (Wildman–Crippen LogP) is 4.53. The van der Waals surface area contributed by atoms with Crippen molar-refractivity contribution >= 4 is 46.0 Å². The van der Waals surface area contributed by atoms with Crippen LogP contribution < -0.4 is 10.6 Å². The van der Waals surface area contributed by atoms with Gasteiger partial charge in [-0.05, 0) is 48.9 Å². The third-order valence-corrected chi connectivity index (χ3v) is 5.38. The fourth-order valence-corrected chi connectivity index (χ4v) is 3.48. The van der Waals surface area contributed by atoms with E-state index in [9.17, 15) is 14.4 Å². The van der Waals surface area contributed by atoms with Crippen LogP contribution >= 0.6 is 11.6 Å². The van der Waals surface area contributed by atoms with E-state index in [1.807, 2.05) is 19.9 Å². The molecule has 0 saturated heterocycles. The van der Waals surface area contributed by atoms with Crippen molar-refractivity contribution in [2.45, 2.75) is 27.3 Å². The van der Waals surface area contributed by atoms with Crippen LogP contribution in [0.15, 0.2) is 42.5 Å². The van der Waals surface area contributed by atoms with E-state index in [1.165, 1.54) is 0 Å². The molecule has 8 heteroatoms. The fraction of sp³-hybridized carbons (Fsp3) is 0.292. The Labute approximate surface area is 191 Å². The number of amides is 2. The van der Waals surface area contributed by atoms with Gasteiger partial charge in [-0.2, -0.15) is 0 Å². The monoisotopic (exact) mass is 455 g/mol. The maximum absolute atomic E-state index is 12.9. The number of aryl methyl sites for hydroxylation is 1. The molecule has 2 amide bonds. The van der Waals surface area contributed by atoms with Crippen LogP contribution in [0, 0.1) is 5.92 Å². The molecule has 0 atom stereocenters. The van der Waals surface area contributed by atoms with E-state index < -0.39 is 5.97 Å². The zero-order valence-electron chi connectivity index (χ0n) is 18.5. The van der Waals surface area contributed by atoms with Crippen molar-refractivity contribution in [2.75, 3.05) is 11.9 Å². The summed E-state index contributed by atoms with van der Waals surface area (Å²) in [5.41, 5.74) is 2.92. The zero-order chi connectivity index (χ0) is 23.4. The highest BCUT2D eigenvalue weighted by atomic mass is 35.5. The van der Waals surface area contributed by atoms with E-state index in [-0.39, 0.29) is 17.7 Å². The Hall–Kier alpha value is -3.32. The van der Waals surface area contributed by atoms with E-state index in [2.05, 4.69) is 10.6 Å². The molecule has 3 aromatic rings. The van der Waals surface area contributed by atoms with Gasteiger partial charge in [0.05, 0.1) is 17.2 Å². The number of rotatable bonds is 7. The van der Waals surface area contributed by atoms with Gasteiger partial charge in [0.1, 0.15) is 5.69 Å². The molecule has 7 nitrogen and oxygen atoms in total. The highest BCUT2D eigenvalue weighted by Crippen LogP contribution is 2.25. The lowest BCUT2D eigenvalue weighted by molar-refractivity contribution is -0.124. The van der Waals surface area contributed by atoms with Crippen LogP contribution in [0.2, 0.25) is 5.02 Å². The van der Waals surface area contributed by atoms with Crippen LogP contribution in [0.25, 0.3) is 10.9 Å². The number of ether oxygens (including phenoxy) is 1. The van der Waals surface area contributed by atoms with Crippen molar-refractivity contribution in [3.8, 4) is 0 Å². The Bertz CT molecular complexity index is 1180. The van der Waals surface area contributed by atoms with E-state index in [1.54, 1.807) is 54.9 Å². The Morgan fingerprint density at radius 2 is 1.84 bits per heavy atom. The number of esters is 1. The minimum absolute atomic E-state index is 0.0655. The van der Waals surface area contributed by atoms with Crippen molar-refractivity contribution in [1.82, 2.24) is 9.88 Å². The number of anilines is 1. The molecular weight excluding hydrogens is 430 g/mol. The molecule has 0 spiro atoms. The second-order valence-electron chi connectivity index (χ2n) is 7.72. The van der Waals surface area contributed by atoms with Crippen LogP contribution in [-0.2, 0) is 23.1 Å². The van der Waals surface area contributed by atoms with Gasteiger partial charge in [-0.25, -0.2) is 4.79 Å². The molecule has 0 bridgehead atoms. The largest absolute Gasteiger partial charge is 0.461 e. The van der Waals surface area contributed by atoms with Gasteiger partial charge in [-0.15, -0.1) is 0 Å². The third kappa shape index (κ3) is 5.11. The SMILES string of the molecule is CCOC(=O)c1cc2cc(NC(=O)c3cc(CNC(=O)C(C)C)ccc3Cl)ccc2n1C. The number of hydrogen-bond donors (Lipinski definition) is 2. The molecule has 0 fully saturated rings. The van der Waals surface area contributed by atoms with E-state index in [4.69, 9.17) is 16.3 Å². The van der Waals surface area contributed by atoms with Crippen molar-refractivity contribution in [3.63, 3.8) is 0 Å². The number of halogens is 1. The molecule has 0 unspecified atom stereocenters. The molecule has 32 heavy (non-hydrogen) atoms. The molecule has 0 aliphatic carbocycles. The van der Waals surface area contributed by atoms with Gasteiger partial charge in [-0.1, -0.05) is 31.5 Å². The number of nitrogens with zero attached hydrogens (tertiary/aromatic N) is 1. The molecule has 2 aromatic carbocycles. The highest BCUT2D eigenvalue weighted by Gasteiger charge is 2.16. The number of fused-ring (bicyclic) bond motifs is 1. The Kier molecular flexibility index (Phi) is 7.20. The lowest BCUT2D eigenvalue weighted by atomic mass is 10.1. The Balaban J connectivity index is 1.80. The fourth-order valence-electron chi connectivity index (χ4n) is 3.28. The summed E-state index contributed by atoms with van der Waals surface area (Å²) < 4.78 is 6.85. The molecule has 2 N–H and O–H groups in total. The molecule has 0 radical (unpaired) electrons. The first-order valence-electron chi connectivity index (χ1n) is 10.3. The van der Waals surface area contributed by atoms with Gasteiger partial charge in [0, 0.05) is 36.1 Å². The molecule has 0 aliphatic rings. The summed E-state index contributed by atoms with van der Waals surface area (Å²) in [7, 11) is 1.79. The Morgan fingerprint density at radius 1 is 1.09 bits per heavy atom. The van der Waals surface area contributed by atoms with Gasteiger partial charge < -0.3 is 19.9 Å². The topological polar surface area (TPSA) is 89.4 Å². The maximum atomic E-state index is 12.9. The summed E-state index contributed by atoms with van der Waals surface area (Å²) in [6.07, 6.45) is 0. The maximum Gasteiger partial charge on any atom is 0.354 e. The van der Waals surface area contributed by atoms with Crippen molar-refractivity contribution in [3.05, 3.63) is 64.3 Å². The minimum atomic E-state index is -0.398. The van der Waals surface area contributed by atoms with E-state index in [0.717, 1.165) is 16.5 Å². The van der Waals surface area contributed by atoms with Crippen molar-refractivity contribution in [2.24, 2.45) is 13.0 Å². The molecule has 3 rings (SSSR count). The normalized spacial score (nSPS) is 10.9. The second kappa shape index (κ2) is 9.87. The first-order chi connectivity index (χ1) is 15.2. The van der Waals surface area contributed by atoms with Crippen LogP contribution in [0.5, 0.6) is 0 Å². The van der Waals surface area contributed by atoms with E-state index in [0.29, 0.717) is 35.1 Å². The van der Waals surface area contributed by atoms with Gasteiger partial charge in [0.25, 0.3) is 5.91 Å². The lowest BCUT2D eigenvalue weighted by Crippen LogP contribution is -2.27. The molecule has 1 heterocycles. The van der Waals surface area contributed by atoms with Gasteiger partial charge >= 0.3 is 5.97 Å². The molecule has 168 valence electrons. The van der Waals surface area contributed by atoms with Gasteiger partial charge in [0.2, 0.25) is 5.91 Å². The smallest absolute Gasteiger partial charge is 0.354 e. The number of nitrogens with one attached hydrogen (secondary N) is 2. The summed E-state index contributed by atoms with van der Waals surface area (Å²) in [5.74, 6) is -0.954. The minimum Gasteiger partial charge on any atom is -0.461 e. The van der Waals surface area contributed by atoms with Crippen LogP contribution in [0.1, 0.15) is 47.2 Å². The highest BCUT2D eigenvalue weighted by molar-refractivity contribution is 6.34. The number of benzene rings is 2. The molecule has 0 saturated carbocycles. The summed E-state index contributed by atoms with van der Waals surface area (Å²) in [4.78, 5) is 36.8. The van der Waals surface area contributed by atoms with Crippen LogP contribution in [0.3, 0.4) is 0 Å². The quantitative estimate of drug-likeness (QED) is 0.512. The average Bonchev–Trinajstić information content (AvgIpc) is 3.08. The molecule has 1 aromatic heterocycles. The first-order valence-corrected chi connectivity index (χ1v) is 10.7. The number of aromatic nitrogens is 1. The lowest BCUT2D eigenvalue weighted by Gasteiger charge is -2.11. The van der Waals surface area contributed by atoms with Crippen LogP contribution in [-0.4, -0.2) is 29.0 Å². The van der Waals surface area contributed by atoms with Gasteiger partial charge in [0.15, 0.2) is 0 Å². The standard InChI is InChI=1S/C24H26ClN3O4/c1-5-32-24(31)21-12-16-11-17(7-9-20(16)28(21)4)27-23(30)18-10-15(6-8-19(18)25)13-26-22(29)14(2)3/h6-12,14H,5,13H2,1-4H3,(H,26,29)(H,27,30). The predicted molar refractivity (Wildman–Crippen MR) is 125 cm³/mol. The van der Waals surface area contributed by atoms with Crippen LogP contribution in [0.4, 0.5) is 5.69 Å². The zero-order valence-corrected chi connectivity index (χ0v) is 19.2. The molecule has 0 aliphatic heterocycles. The third-order valence-electron chi connectivity index (χ3n) is 5.05. The van der Waals surface area contributed by atoms with Crippen molar-refractivity contribution < 1.29 is 19.1 Å². The summed E-state index contributed by atoms with van der Waals surface area (Å²) in [5, 5.41) is 6.78. The average molecular weight is 456 g/mol. The van der Waals surface area contributed by atoms with Gasteiger partial charge in [-0.3, -0.25) is 9.59 Å². The number of carbonyl (C=O) groups excluding carboxylic acids is 3. The number of carbonyl (C=O) groups is 3. The first kappa shape index (κ1) is 23.3. The summed E-state index contributed by atoms with van der Waals surface area (Å²) in [6.45, 7) is 5.99. The summed E-state index contributed by atoms with van der Waals surface area (Å²) in [6, 6.07) is 12.2. The van der Waals surface area contributed by atoms with Crippen molar-refractivity contribution in [1.29, 1.82) is 0 Å². The Morgan fingerprint density at radius 3 is 2.53 bits per heavy atom. The summed E-state index contributed by atoms with van der Waals surface area (Å²) >= 11 is 6.25. The van der Waals surface area contributed by atoms with E-state index >= 15 is 0 Å². The molecular formula is C24H26ClN3O4.